The predicted molar refractivity (Wildman–Crippen MR) is 94.0 cm³/mol. The second-order valence-electron chi connectivity index (χ2n) is 5.60. The molecule has 0 saturated carbocycles. The van der Waals surface area contributed by atoms with Gasteiger partial charge in [0.2, 0.25) is 5.91 Å². The first-order chi connectivity index (χ1) is 11.6. The number of ether oxygens (including phenoxy) is 2. The highest BCUT2D eigenvalue weighted by Crippen LogP contribution is 2.37. The van der Waals surface area contributed by atoms with E-state index in [1.54, 1.807) is 12.1 Å². The number of hydrogen-bond donors (Lipinski definition) is 2. The van der Waals surface area contributed by atoms with Crippen LogP contribution in [0.25, 0.3) is 0 Å². The van der Waals surface area contributed by atoms with E-state index in [-0.39, 0.29) is 12.5 Å². The lowest BCUT2D eigenvalue weighted by molar-refractivity contribution is -0.119. The Bertz CT molecular complexity index is 749. The molecule has 1 aliphatic rings. The van der Waals surface area contributed by atoms with Crippen molar-refractivity contribution >= 4 is 23.2 Å². The number of carbonyl (C=O) groups is 1. The molecule has 0 aliphatic carbocycles. The van der Waals surface area contributed by atoms with Gasteiger partial charge in [0.05, 0.1) is 17.3 Å². The predicted octanol–water partition coefficient (Wildman–Crippen LogP) is 3.15. The molecule has 0 spiro atoms. The van der Waals surface area contributed by atoms with E-state index in [1.807, 2.05) is 31.2 Å². The number of halogens is 1. The highest BCUT2D eigenvalue weighted by atomic mass is 35.5. The Morgan fingerprint density at radius 1 is 1.17 bits per heavy atom. The van der Waals surface area contributed by atoms with Gasteiger partial charge in [-0.1, -0.05) is 41.4 Å². The Kier molecular flexibility index (Phi) is 5.11. The summed E-state index contributed by atoms with van der Waals surface area (Å²) >= 11 is 6.21. The second kappa shape index (κ2) is 7.45. The van der Waals surface area contributed by atoms with Gasteiger partial charge in [-0.15, -0.1) is 0 Å². The molecule has 1 amide bonds. The van der Waals surface area contributed by atoms with Crippen molar-refractivity contribution in [1.82, 2.24) is 5.32 Å². The maximum Gasteiger partial charge on any atom is 0.239 e. The fourth-order valence-corrected chi connectivity index (χ4v) is 2.68. The number of anilines is 1. The Balaban J connectivity index is 1.54. The number of fused-ring (bicyclic) bond motifs is 1. The topological polar surface area (TPSA) is 59.6 Å². The van der Waals surface area contributed by atoms with Crippen molar-refractivity contribution < 1.29 is 14.3 Å². The average Bonchev–Trinajstić information content (AvgIpc) is 2.58. The van der Waals surface area contributed by atoms with Crippen molar-refractivity contribution in [2.75, 3.05) is 25.1 Å². The molecular formula is C18H19ClN2O3. The smallest absolute Gasteiger partial charge is 0.239 e. The third kappa shape index (κ3) is 4.11. The van der Waals surface area contributed by atoms with Gasteiger partial charge in [-0.3, -0.25) is 4.79 Å². The minimum absolute atomic E-state index is 0.109. The molecule has 5 nitrogen and oxygen atoms in total. The highest BCUT2D eigenvalue weighted by molar-refractivity contribution is 6.33. The standard InChI is InChI=1S/C18H19ClN2O3/c1-12-3-2-4-13(7-12)10-21-18(22)11-20-15-9-17-16(8-14(15)19)23-5-6-24-17/h2-4,7-9,20H,5-6,10-11H2,1H3,(H,21,22). The number of nitrogens with one attached hydrogen (secondary N) is 2. The zero-order valence-electron chi connectivity index (χ0n) is 13.4. The third-order valence-corrected chi connectivity index (χ3v) is 3.96. The molecule has 2 aromatic carbocycles. The van der Waals surface area contributed by atoms with E-state index in [0.717, 1.165) is 5.56 Å². The maximum absolute atomic E-state index is 12.0. The van der Waals surface area contributed by atoms with Crippen molar-refractivity contribution in [1.29, 1.82) is 0 Å². The summed E-state index contributed by atoms with van der Waals surface area (Å²) in [5.41, 5.74) is 2.88. The van der Waals surface area contributed by atoms with E-state index >= 15 is 0 Å². The molecule has 126 valence electrons. The number of benzene rings is 2. The Morgan fingerprint density at radius 3 is 2.67 bits per heavy atom. The molecule has 2 N–H and O–H groups in total. The van der Waals surface area contributed by atoms with Crippen LogP contribution in [0.5, 0.6) is 11.5 Å². The molecular weight excluding hydrogens is 328 g/mol. The third-order valence-electron chi connectivity index (χ3n) is 3.64. The molecule has 0 atom stereocenters. The Labute approximate surface area is 145 Å². The molecule has 0 bridgehead atoms. The van der Waals surface area contributed by atoms with E-state index in [2.05, 4.69) is 10.6 Å². The minimum atomic E-state index is -0.109. The molecule has 2 aromatic rings. The summed E-state index contributed by atoms with van der Waals surface area (Å²) in [6.07, 6.45) is 0. The fourth-order valence-electron chi connectivity index (χ4n) is 2.46. The lowest BCUT2D eigenvalue weighted by atomic mass is 10.1. The summed E-state index contributed by atoms with van der Waals surface area (Å²) in [6, 6.07) is 11.5. The molecule has 6 heteroatoms. The van der Waals surface area contributed by atoms with Crippen LogP contribution in [0, 0.1) is 6.92 Å². The molecule has 0 fully saturated rings. The lowest BCUT2D eigenvalue weighted by Crippen LogP contribution is -2.29. The molecule has 0 unspecified atom stereocenters. The van der Waals surface area contributed by atoms with Crippen LogP contribution in [0.2, 0.25) is 5.02 Å². The SMILES string of the molecule is Cc1cccc(CNC(=O)CNc2cc3c(cc2Cl)OCCO3)c1. The molecule has 0 aromatic heterocycles. The second-order valence-corrected chi connectivity index (χ2v) is 6.00. The summed E-state index contributed by atoms with van der Waals surface area (Å²) < 4.78 is 11.0. The zero-order valence-corrected chi connectivity index (χ0v) is 14.2. The molecule has 3 rings (SSSR count). The molecule has 0 radical (unpaired) electrons. The van der Waals surface area contributed by atoms with E-state index < -0.39 is 0 Å². The zero-order chi connectivity index (χ0) is 16.9. The normalized spacial score (nSPS) is 12.6. The van der Waals surface area contributed by atoms with Gasteiger partial charge in [0.15, 0.2) is 11.5 Å². The van der Waals surface area contributed by atoms with E-state index in [1.165, 1.54) is 5.56 Å². The van der Waals surface area contributed by atoms with E-state index in [0.29, 0.717) is 42.0 Å². The molecule has 24 heavy (non-hydrogen) atoms. The van der Waals surface area contributed by atoms with Crippen LogP contribution in [0.1, 0.15) is 11.1 Å². The van der Waals surface area contributed by atoms with Gasteiger partial charge < -0.3 is 20.1 Å². The van der Waals surface area contributed by atoms with Crippen LogP contribution in [0.15, 0.2) is 36.4 Å². The Morgan fingerprint density at radius 2 is 1.92 bits per heavy atom. The number of amides is 1. The van der Waals surface area contributed by atoms with Gasteiger partial charge in [-0.25, -0.2) is 0 Å². The van der Waals surface area contributed by atoms with Crippen LogP contribution in [-0.2, 0) is 11.3 Å². The number of carbonyl (C=O) groups excluding carboxylic acids is 1. The summed E-state index contributed by atoms with van der Waals surface area (Å²) in [5.74, 6) is 1.15. The number of rotatable bonds is 5. The number of aryl methyl sites for hydroxylation is 1. The van der Waals surface area contributed by atoms with Crippen LogP contribution in [0.3, 0.4) is 0 Å². The van der Waals surface area contributed by atoms with Gasteiger partial charge >= 0.3 is 0 Å². The van der Waals surface area contributed by atoms with Crippen molar-refractivity contribution in [2.45, 2.75) is 13.5 Å². The van der Waals surface area contributed by atoms with Gasteiger partial charge in [0.25, 0.3) is 0 Å². The molecule has 1 aliphatic heterocycles. The van der Waals surface area contributed by atoms with Gasteiger partial charge in [0.1, 0.15) is 13.2 Å². The summed E-state index contributed by atoms with van der Waals surface area (Å²) in [4.78, 5) is 12.0. The van der Waals surface area contributed by atoms with E-state index in [9.17, 15) is 4.79 Å². The average molecular weight is 347 g/mol. The van der Waals surface area contributed by atoms with Crippen molar-refractivity contribution in [3.05, 3.63) is 52.5 Å². The van der Waals surface area contributed by atoms with Gasteiger partial charge in [-0.2, -0.15) is 0 Å². The van der Waals surface area contributed by atoms with Gasteiger partial charge in [-0.05, 0) is 12.5 Å². The van der Waals surface area contributed by atoms with E-state index in [4.69, 9.17) is 21.1 Å². The van der Waals surface area contributed by atoms with Crippen molar-refractivity contribution in [3.8, 4) is 11.5 Å². The summed E-state index contributed by atoms with van der Waals surface area (Å²) in [7, 11) is 0. The summed E-state index contributed by atoms with van der Waals surface area (Å²) in [5, 5.41) is 6.40. The van der Waals surface area contributed by atoms with Crippen molar-refractivity contribution in [3.63, 3.8) is 0 Å². The van der Waals surface area contributed by atoms with Crippen molar-refractivity contribution in [2.24, 2.45) is 0 Å². The first-order valence-corrected chi connectivity index (χ1v) is 8.15. The van der Waals surface area contributed by atoms with Crippen LogP contribution in [0.4, 0.5) is 5.69 Å². The fraction of sp³-hybridized carbons (Fsp3) is 0.278. The first kappa shape index (κ1) is 16.5. The highest BCUT2D eigenvalue weighted by Gasteiger charge is 2.15. The van der Waals surface area contributed by atoms with Crippen LogP contribution in [-0.4, -0.2) is 25.7 Å². The molecule has 0 saturated heterocycles. The minimum Gasteiger partial charge on any atom is -0.486 e. The van der Waals surface area contributed by atoms with Gasteiger partial charge in [0, 0.05) is 18.7 Å². The maximum atomic E-state index is 12.0. The number of hydrogen-bond acceptors (Lipinski definition) is 4. The monoisotopic (exact) mass is 346 g/mol. The molecule has 1 heterocycles. The van der Waals surface area contributed by atoms with Crippen LogP contribution >= 0.6 is 11.6 Å². The largest absolute Gasteiger partial charge is 0.486 e. The van der Waals surface area contributed by atoms with Crippen LogP contribution < -0.4 is 20.1 Å². The lowest BCUT2D eigenvalue weighted by Gasteiger charge is -2.20. The quantitative estimate of drug-likeness (QED) is 0.873. The Hall–Kier alpha value is -2.40. The first-order valence-electron chi connectivity index (χ1n) is 7.77. The summed E-state index contributed by atoms with van der Waals surface area (Å²) in [6.45, 7) is 3.67.